The van der Waals surface area contributed by atoms with E-state index in [9.17, 15) is 18.0 Å². The van der Waals surface area contributed by atoms with E-state index < -0.39 is 17.6 Å². The largest absolute Gasteiger partial charge is 0.416 e. The van der Waals surface area contributed by atoms with Crippen LogP contribution in [0.4, 0.5) is 19.0 Å². The van der Waals surface area contributed by atoms with Gasteiger partial charge in [0, 0.05) is 22.9 Å². The lowest BCUT2D eigenvalue weighted by Gasteiger charge is -2.11. The molecule has 0 atom stereocenters. The maximum absolute atomic E-state index is 12.9. The SMILES string of the molecule is NC(=O)c1ccc(-c2cc(-c3cccc(C(F)(F)F)c3)cnc2N)cc1. The van der Waals surface area contributed by atoms with Crippen molar-refractivity contribution in [3.8, 4) is 22.3 Å². The van der Waals surface area contributed by atoms with Gasteiger partial charge in [0.15, 0.2) is 0 Å². The van der Waals surface area contributed by atoms with Gasteiger partial charge in [0.1, 0.15) is 5.82 Å². The van der Waals surface area contributed by atoms with E-state index in [0.29, 0.717) is 27.8 Å². The van der Waals surface area contributed by atoms with Gasteiger partial charge >= 0.3 is 6.18 Å². The van der Waals surface area contributed by atoms with E-state index >= 15 is 0 Å². The summed E-state index contributed by atoms with van der Waals surface area (Å²) in [7, 11) is 0. The van der Waals surface area contributed by atoms with Gasteiger partial charge in [-0.05, 0) is 41.5 Å². The number of hydrogen-bond acceptors (Lipinski definition) is 3. The van der Waals surface area contributed by atoms with Crippen LogP contribution < -0.4 is 11.5 Å². The molecular weight excluding hydrogens is 343 g/mol. The molecule has 4 nitrogen and oxygen atoms in total. The molecule has 0 aliphatic rings. The molecule has 26 heavy (non-hydrogen) atoms. The van der Waals surface area contributed by atoms with Crippen molar-refractivity contribution in [2.24, 2.45) is 5.73 Å². The van der Waals surface area contributed by atoms with E-state index in [0.717, 1.165) is 12.1 Å². The minimum atomic E-state index is -4.43. The normalized spacial score (nSPS) is 11.3. The summed E-state index contributed by atoms with van der Waals surface area (Å²) in [6, 6.07) is 13.1. The molecule has 0 aliphatic heterocycles. The first-order valence-electron chi connectivity index (χ1n) is 7.59. The molecule has 1 amide bonds. The molecule has 7 heteroatoms. The molecule has 0 saturated carbocycles. The molecule has 0 unspecified atom stereocenters. The number of nitrogens with zero attached hydrogens (tertiary/aromatic N) is 1. The summed E-state index contributed by atoms with van der Waals surface area (Å²) in [6.07, 6.45) is -3.00. The minimum absolute atomic E-state index is 0.229. The Kier molecular flexibility index (Phi) is 4.38. The molecule has 0 radical (unpaired) electrons. The molecule has 0 saturated heterocycles. The monoisotopic (exact) mass is 357 g/mol. The van der Waals surface area contributed by atoms with Crippen LogP contribution in [0.1, 0.15) is 15.9 Å². The first-order chi connectivity index (χ1) is 12.3. The topological polar surface area (TPSA) is 82.0 Å². The van der Waals surface area contributed by atoms with Gasteiger partial charge in [0.25, 0.3) is 0 Å². The van der Waals surface area contributed by atoms with Gasteiger partial charge in [-0.15, -0.1) is 0 Å². The predicted octanol–water partition coefficient (Wildman–Crippen LogP) is 4.12. The zero-order valence-electron chi connectivity index (χ0n) is 13.4. The number of benzene rings is 2. The highest BCUT2D eigenvalue weighted by atomic mass is 19.4. The van der Waals surface area contributed by atoms with Gasteiger partial charge in [0.2, 0.25) is 5.91 Å². The lowest BCUT2D eigenvalue weighted by molar-refractivity contribution is -0.137. The maximum atomic E-state index is 12.9. The first kappa shape index (κ1) is 17.5. The Bertz CT molecular complexity index is 967. The van der Waals surface area contributed by atoms with Crippen molar-refractivity contribution in [2.45, 2.75) is 6.18 Å². The van der Waals surface area contributed by atoms with Crippen LogP contribution >= 0.6 is 0 Å². The molecule has 0 fully saturated rings. The van der Waals surface area contributed by atoms with Gasteiger partial charge in [0.05, 0.1) is 5.56 Å². The third-order valence-corrected chi connectivity index (χ3v) is 3.92. The number of hydrogen-bond donors (Lipinski definition) is 2. The second-order valence-corrected chi connectivity index (χ2v) is 5.68. The fraction of sp³-hybridized carbons (Fsp3) is 0.0526. The highest BCUT2D eigenvalue weighted by Crippen LogP contribution is 2.34. The molecule has 2 aromatic carbocycles. The standard InChI is InChI=1S/C19H14F3N3O/c20-19(21,22)15-3-1-2-13(8-15)14-9-16(17(23)25-10-14)11-4-6-12(7-5-11)18(24)26/h1-10H,(H2,23,25)(H2,24,26). The van der Waals surface area contributed by atoms with E-state index in [2.05, 4.69) is 4.98 Å². The molecule has 0 spiro atoms. The number of carbonyl (C=O) groups is 1. The number of anilines is 1. The highest BCUT2D eigenvalue weighted by Gasteiger charge is 2.30. The van der Waals surface area contributed by atoms with Gasteiger partial charge in [-0.25, -0.2) is 4.98 Å². The van der Waals surface area contributed by atoms with Gasteiger partial charge in [-0.1, -0.05) is 24.3 Å². The fourth-order valence-electron chi connectivity index (χ4n) is 2.55. The number of alkyl halides is 3. The Hall–Kier alpha value is -3.35. The summed E-state index contributed by atoms with van der Waals surface area (Å²) in [6.45, 7) is 0. The Labute approximate surface area is 147 Å². The van der Waals surface area contributed by atoms with Gasteiger partial charge in [-0.2, -0.15) is 13.2 Å². The zero-order chi connectivity index (χ0) is 18.9. The van der Waals surface area contributed by atoms with E-state index in [1.807, 2.05) is 0 Å². The maximum Gasteiger partial charge on any atom is 0.416 e. The molecule has 132 valence electrons. The molecule has 1 aromatic heterocycles. The van der Waals surface area contributed by atoms with E-state index in [-0.39, 0.29) is 5.82 Å². The Balaban J connectivity index is 2.04. The Morgan fingerprint density at radius 1 is 0.923 bits per heavy atom. The third kappa shape index (κ3) is 3.51. The molecule has 1 heterocycles. The van der Waals surface area contributed by atoms with Crippen molar-refractivity contribution < 1.29 is 18.0 Å². The quantitative estimate of drug-likeness (QED) is 0.740. The summed E-state index contributed by atoms with van der Waals surface area (Å²) in [5.74, 6) is -0.326. The van der Waals surface area contributed by atoms with Crippen LogP contribution in [0.2, 0.25) is 0 Å². The van der Waals surface area contributed by atoms with Crippen LogP contribution in [0.3, 0.4) is 0 Å². The average Bonchev–Trinajstić information content (AvgIpc) is 2.61. The van der Waals surface area contributed by atoms with Crippen molar-refractivity contribution >= 4 is 11.7 Å². The number of amides is 1. The van der Waals surface area contributed by atoms with E-state index in [1.54, 1.807) is 36.4 Å². The van der Waals surface area contributed by atoms with Gasteiger partial charge < -0.3 is 11.5 Å². The van der Waals surface area contributed by atoms with Crippen molar-refractivity contribution in [3.63, 3.8) is 0 Å². The van der Waals surface area contributed by atoms with Crippen molar-refractivity contribution in [2.75, 3.05) is 5.73 Å². The van der Waals surface area contributed by atoms with Gasteiger partial charge in [-0.3, -0.25) is 4.79 Å². The van der Waals surface area contributed by atoms with Crippen molar-refractivity contribution in [1.82, 2.24) is 4.98 Å². The van der Waals surface area contributed by atoms with Crippen LogP contribution in [-0.2, 0) is 6.18 Å². The lowest BCUT2D eigenvalue weighted by Crippen LogP contribution is -2.10. The third-order valence-electron chi connectivity index (χ3n) is 3.92. The minimum Gasteiger partial charge on any atom is -0.383 e. The summed E-state index contributed by atoms with van der Waals surface area (Å²) in [4.78, 5) is 15.2. The first-order valence-corrected chi connectivity index (χ1v) is 7.59. The van der Waals surface area contributed by atoms with Crippen LogP contribution in [0.25, 0.3) is 22.3 Å². The summed E-state index contributed by atoms with van der Waals surface area (Å²) >= 11 is 0. The Morgan fingerprint density at radius 3 is 2.23 bits per heavy atom. The molecule has 0 bridgehead atoms. The smallest absolute Gasteiger partial charge is 0.383 e. The summed E-state index contributed by atoms with van der Waals surface area (Å²) < 4.78 is 38.8. The highest BCUT2D eigenvalue weighted by molar-refractivity contribution is 5.93. The molecule has 3 rings (SSSR count). The average molecular weight is 357 g/mol. The number of nitrogen functional groups attached to an aromatic ring is 1. The van der Waals surface area contributed by atoms with Crippen molar-refractivity contribution in [1.29, 1.82) is 0 Å². The number of primary amides is 1. The van der Waals surface area contributed by atoms with Crippen LogP contribution in [0.15, 0.2) is 60.8 Å². The lowest BCUT2D eigenvalue weighted by atomic mass is 9.99. The zero-order valence-corrected chi connectivity index (χ0v) is 13.4. The number of rotatable bonds is 3. The Morgan fingerprint density at radius 2 is 1.62 bits per heavy atom. The second-order valence-electron chi connectivity index (χ2n) is 5.68. The second kappa shape index (κ2) is 6.51. The molecule has 4 N–H and O–H groups in total. The number of halogens is 3. The fourth-order valence-corrected chi connectivity index (χ4v) is 2.55. The van der Waals surface area contributed by atoms with E-state index in [1.165, 1.54) is 12.3 Å². The summed E-state index contributed by atoms with van der Waals surface area (Å²) in [5.41, 5.74) is 12.8. The van der Waals surface area contributed by atoms with E-state index in [4.69, 9.17) is 11.5 Å². The summed E-state index contributed by atoms with van der Waals surface area (Å²) in [5, 5.41) is 0. The molecule has 3 aromatic rings. The van der Waals surface area contributed by atoms with Crippen LogP contribution in [-0.4, -0.2) is 10.9 Å². The number of nitrogens with two attached hydrogens (primary N) is 2. The molecular formula is C19H14F3N3O. The number of aromatic nitrogens is 1. The van der Waals surface area contributed by atoms with Crippen LogP contribution in [0, 0.1) is 0 Å². The van der Waals surface area contributed by atoms with Crippen LogP contribution in [0.5, 0.6) is 0 Å². The molecule has 0 aliphatic carbocycles. The number of pyridine rings is 1. The van der Waals surface area contributed by atoms with Crippen molar-refractivity contribution in [3.05, 3.63) is 71.9 Å². The number of carbonyl (C=O) groups excluding carboxylic acids is 1. The predicted molar refractivity (Wildman–Crippen MR) is 93.0 cm³/mol.